The van der Waals surface area contributed by atoms with E-state index < -0.39 is 5.91 Å². The first-order valence-electron chi connectivity index (χ1n) is 7.81. The molecule has 0 radical (unpaired) electrons. The second-order valence-electron chi connectivity index (χ2n) is 5.32. The Kier molecular flexibility index (Phi) is 7.32. The van der Waals surface area contributed by atoms with Crippen LogP contribution in [0.3, 0.4) is 0 Å². The summed E-state index contributed by atoms with van der Waals surface area (Å²) in [5.74, 6) is -1.10. The molecule has 0 unspecified atom stereocenters. The molecule has 0 fully saturated rings. The molecule has 0 aliphatic rings. The summed E-state index contributed by atoms with van der Waals surface area (Å²) in [5, 5.41) is 5.51. The zero-order valence-corrected chi connectivity index (χ0v) is 14.8. The quantitative estimate of drug-likeness (QED) is 0.574. The summed E-state index contributed by atoms with van der Waals surface area (Å²) in [7, 11) is 1.54. The second kappa shape index (κ2) is 9.70. The standard InChI is InChI=1S/C19H18ClFN2O3/c1-26-10-9-22-19(25)16-7-6-15(12-17(16)20)23-18(24)8-5-13-3-2-4-14(21)11-13/h2-8,11-12H,9-10H2,1H3,(H,22,25)(H,23,24)/b8-5+. The van der Waals surface area contributed by atoms with Crippen molar-refractivity contribution in [1.82, 2.24) is 5.32 Å². The normalized spacial score (nSPS) is 10.7. The summed E-state index contributed by atoms with van der Waals surface area (Å²) in [6.07, 6.45) is 2.78. The van der Waals surface area contributed by atoms with Gasteiger partial charge in [0.1, 0.15) is 5.82 Å². The predicted molar refractivity (Wildman–Crippen MR) is 99.7 cm³/mol. The molecule has 26 heavy (non-hydrogen) atoms. The molecule has 0 saturated carbocycles. The van der Waals surface area contributed by atoms with Gasteiger partial charge in [0.2, 0.25) is 5.91 Å². The van der Waals surface area contributed by atoms with Gasteiger partial charge in [0.25, 0.3) is 5.91 Å². The Labute approximate surface area is 155 Å². The van der Waals surface area contributed by atoms with E-state index >= 15 is 0 Å². The van der Waals surface area contributed by atoms with E-state index in [9.17, 15) is 14.0 Å². The minimum atomic E-state index is -0.400. The van der Waals surface area contributed by atoms with Crippen LogP contribution in [0.2, 0.25) is 5.02 Å². The van der Waals surface area contributed by atoms with Crippen LogP contribution in [0, 0.1) is 5.82 Å². The van der Waals surface area contributed by atoms with Crippen molar-refractivity contribution >= 4 is 35.2 Å². The van der Waals surface area contributed by atoms with Crippen molar-refractivity contribution in [3.05, 3.63) is 70.5 Å². The number of methoxy groups -OCH3 is 1. The maximum absolute atomic E-state index is 13.1. The van der Waals surface area contributed by atoms with Crippen molar-refractivity contribution < 1.29 is 18.7 Å². The van der Waals surface area contributed by atoms with E-state index in [1.807, 2.05) is 0 Å². The Balaban J connectivity index is 1.98. The Hall–Kier alpha value is -2.70. The molecular weight excluding hydrogens is 359 g/mol. The SMILES string of the molecule is COCCNC(=O)c1ccc(NC(=O)/C=C/c2cccc(F)c2)cc1Cl. The number of carbonyl (C=O) groups is 2. The van der Waals surface area contributed by atoms with E-state index in [0.29, 0.717) is 30.0 Å². The molecule has 2 amide bonds. The fraction of sp³-hybridized carbons (Fsp3) is 0.158. The molecule has 2 aromatic rings. The Bertz CT molecular complexity index is 824. The summed E-state index contributed by atoms with van der Waals surface area (Å²) in [6.45, 7) is 0.768. The van der Waals surface area contributed by atoms with Crippen LogP contribution in [0.1, 0.15) is 15.9 Å². The van der Waals surface area contributed by atoms with Crippen LogP contribution in [0.15, 0.2) is 48.5 Å². The molecule has 0 aromatic heterocycles. The molecule has 0 spiro atoms. The highest BCUT2D eigenvalue weighted by atomic mass is 35.5. The van der Waals surface area contributed by atoms with Crippen LogP contribution in [0.25, 0.3) is 6.08 Å². The lowest BCUT2D eigenvalue weighted by Crippen LogP contribution is -2.27. The third-order valence-corrected chi connectivity index (χ3v) is 3.66. The number of nitrogens with one attached hydrogen (secondary N) is 2. The average molecular weight is 377 g/mol. The molecule has 2 N–H and O–H groups in total. The molecule has 0 heterocycles. The summed E-state index contributed by atoms with van der Waals surface area (Å²) in [5.41, 5.74) is 1.31. The van der Waals surface area contributed by atoms with Crippen molar-refractivity contribution in [2.75, 3.05) is 25.6 Å². The molecule has 0 saturated heterocycles. The Morgan fingerprint density at radius 3 is 2.73 bits per heavy atom. The molecule has 0 bridgehead atoms. The number of anilines is 1. The first kappa shape index (κ1) is 19.6. The molecule has 2 rings (SSSR count). The summed E-state index contributed by atoms with van der Waals surface area (Å²) < 4.78 is 18.0. The maximum Gasteiger partial charge on any atom is 0.252 e. The van der Waals surface area contributed by atoms with Crippen LogP contribution in [0.4, 0.5) is 10.1 Å². The van der Waals surface area contributed by atoms with Crippen molar-refractivity contribution in [2.45, 2.75) is 0 Å². The molecule has 0 aliphatic heterocycles. The number of halogens is 2. The van der Waals surface area contributed by atoms with E-state index in [-0.39, 0.29) is 16.7 Å². The van der Waals surface area contributed by atoms with Crippen LogP contribution in [-0.2, 0) is 9.53 Å². The van der Waals surface area contributed by atoms with E-state index in [1.165, 1.54) is 36.4 Å². The second-order valence-corrected chi connectivity index (χ2v) is 5.73. The topological polar surface area (TPSA) is 67.4 Å². The monoisotopic (exact) mass is 376 g/mol. The van der Waals surface area contributed by atoms with Gasteiger partial charge in [-0.15, -0.1) is 0 Å². The van der Waals surface area contributed by atoms with Crippen LogP contribution < -0.4 is 10.6 Å². The summed E-state index contributed by atoms with van der Waals surface area (Å²) in [6, 6.07) is 10.5. The smallest absolute Gasteiger partial charge is 0.252 e. The number of amides is 2. The predicted octanol–water partition coefficient (Wildman–Crippen LogP) is 3.51. The molecule has 5 nitrogen and oxygen atoms in total. The summed E-state index contributed by atoms with van der Waals surface area (Å²) >= 11 is 6.11. The van der Waals surface area contributed by atoms with E-state index in [4.69, 9.17) is 16.3 Å². The van der Waals surface area contributed by atoms with Crippen LogP contribution in [-0.4, -0.2) is 32.1 Å². The van der Waals surface area contributed by atoms with Gasteiger partial charge in [0.05, 0.1) is 17.2 Å². The number of rotatable bonds is 7. The fourth-order valence-corrected chi connectivity index (χ4v) is 2.37. The highest BCUT2D eigenvalue weighted by Gasteiger charge is 2.11. The molecule has 0 aliphatic carbocycles. The van der Waals surface area contributed by atoms with Gasteiger partial charge in [0.15, 0.2) is 0 Å². The van der Waals surface area contributed by atoms with Gasteiger partial charge in [-0.3, -0.25) is 9.59 Å². The van der Waals surface area contributed by atoms with Crippen molar-refractivity contribution in [2.24, 2.45) is 0 Å². The zero-order chi connectivity index (χ0) is 18.9. The molecule has 7 heteroatoms. The van der Waals surface area contributed by atoms with E-state index in [2.05, 4.69) is 10.6 Å². The van der Waals surface area contributed by atoms with Crippen molar-refractivity contribution in [1.29, 1.82) is 0 Å². The van der Waals surface area contributed by atoms with Gasteiger partial charge < -0.3 is 15.4 Å². The largest absolute Gasteiger partial charge is 0.383 e. The lowest BCUT2D eigenvalue weighted by molar-refractivity contribution is -0.111. The number of ether oxygens (including phenoxy) is 1. The lowest BCUT2D eigenvalue weighted by atomic mass is 10.2. The summed E-state index contributed by atoms with van der Waals surface area (Å²) in [4.78, 5) is 23.9. The van der Waals surface area contributed by atoms with Gasteiger partial charge in [0, 0.05) is 25.4 Å². The van der Waals surface area contributed by atoms with Gasteiger partial charge in [-0.2, -0.15) is 0 Å². The van der Waals surface area contributed by atoms with Crippen molar-refractivity contribution in [3.8, 4) is 0 Å². The van der Waals surface area contributed by atoms with Crippen molar-refractivity contribution in [3.63, 3.8) is 0 Å². The van der Waals surface area contributed by atoms with Crippen LogP contribution in [0.5, 0.6) is 0 Å². The highest BCUT2D eigenvalue weighted by Crippen LogP contribution is 2.21. The van der Waals surface area contributed by atoms with Gasteiger partial charge in [-0.25, -0.2) is 4.39 Å². The number of carbonyl (C=O) groups excluding carboxylic acids is 2. The van der Waals surface area contributed by atoms with Gasteiger partial charge in [-0.1, -0.05) is 23.7 Å². The van der Waals surface area contributed by atoms with Crippen LogP contribution >= 0.6 is 11.6 Å². The first-order chi connectivity index (χ1) is 12.5. The number of hydrogen-bond acceptors (Lipinski definition) is 3. The van der Waals surface area contributed by atoms with Gasteiger partial charge in [-0.05, 0) is 42.0 Å². The highest BCUT2D eigenvalue weighted by molar-refractivity contribution is 6.34. The van der Waals surface area contributed by atoms with E-state index in [1.54, 1.807) is 25.3 Å². The molecule has 2 aromatic carbocycles. The Morgan fingerprint density at radius 2 is 2.04 bits per heavy atom. The minimum absolute atomic E-state index is 0.215. The minimum Gasteiger partial charge on any atom is -0.383 e. The fourth-order valence-electron chi connectivity index (χ4n) is 2.10. The van der Waals surface area contributed by atoms with Gasteiger partial charge >= 0.3 is 0 Å². The Morgan fingerprint density at radius 1 is 1.23 bits per heavy atom. The molecule has 136 valence electrons. The number of hydrogen-bond donors (Lipinski definition) is 2. The lowest BCUT2D eigenvalue weighted by Gasteiger charge is -2.08. The number of benzene rings is 2. The molecular formula is C19H18ClFN2O3. The third kappa shape index (κ3) is 5.98. The maximum atomic E-state index is 13.1. The zero-order valence-electron chi connectivity index (χ0n) is 14.1. The third-order valence-electron chi connectivity index (χ3n) is 3.35. The average Bonchev–Trinajstić information content (AvgIpc) is 2.60. The van der Waals surface area contributed by atoms with E-state index in [0.717, 1.165) is 0 Å². The molecule has 0 atom stereocenters. The first-order valence-corrected chi connectivity index (χ1v) is 8.18.